The van der Waals surface area contributed by atoms with Crippen molar-refractivity contribution in [3.63, 3.8) is 0 Å². The molecular formula is C24H23N5O. The van der Waals surface area contributed by atoms with Gasteiger partial charge in [0.25, 0.3) is 0 Å². The number of benzene rings is 2. The van der Waals surface area contributed by atoms with E-state index in [0.29, 0.717) is 18.1 Å². The largest absolute Gasteiger partial charge is 0.350 e. The predicted molar refractivity (Wildman–Crippen MR) is 118 cm³/mol. The minimum Gasteiger partial charge on any atom is -0.247 e. The molecule has 6 heteroatoms. The predicted octanol–water partition coefficient (Wildman–Crippen LogP) is 4.18. The lowest BCUT2D eigenvalue weighted by Crippen LogP contribution is -2.22. The first-order valence-electron chi connectivity index (χ1n) is 10.2. The fourth-order valence-corrected chi connectivity index (χ4v) is 3.74. The molecule has 0 aliphatic carbocycles. The van der Waals surface area contributed by atoms with Crippen molar-refractivity contribution in [3.05, 3.63) is 94.7 Å². The summed E-state index contributed by atoms with van der Waals surface area (Å²) in [5, 5.41) is 9.30. The Kier molecular flexibility index (Phi) is 4.47. The van der Waals surface area contributed by atoms with Crippen LogP contribution in [0.3, 0.4) is 0 Å². The van der Waals surface area contributed by atoms with E-state index in [9.17, 15) is 4.79 Å². The maximum absolute atomic E-state index is 12.8. The highest BCUT2D eigenvalue weighted by Gasteiger charge is 2.13. The van der Waals surface area contributed by atoms with E-state index in [2.05, 4.69) is 55.3 Å². The third kappa shape index (κ3) is 3.20. The van der Waals surface area contributed by atoms with Crippen molar-refractivity contribution in [1.82, 2.24) is 23.8 Å². The number of rotatable bonds is 5. The van der Waals surface area contributed by atoms with E-state index in [0.717, 1.165) is 23.2 Å². The number of hydrogen-bond acceptors (Lipinski definition) is 3. The Morgan fingerprint density at radius 3 is 2.43 bits per heavy atom. The maximum atomic E-state index is 12.8. The zero-order valence-corrected chi connectivity index (χ0v) is 17.1. The van der Waals surface area contributed by atoms with Crippen molar-refractivity contribution in [2.75, 3.05) is 0 Å². The Bertz CT molecular complexity index is 1370. The fraction of sp³-hybridized carbons (Fsp3) is 0.208. The summed E-state index contributed by atoms with van der Waals surface area (Å²) < 4.78 is 4.91. The van der Waals surface area contributed by atoms with Gasteiger partial charge in [0, 0.05) is 18.0 Å². The Hall–Kier alpha value is -3.67. The zero-order chi connectivity index (χ0) is 20.7. The van der Waals surface area contributed by atoms with E-state index >= 15 is 0 Å². The lowest BCUT2D eigenvalue weighted by Gasteiger charge is -2.05. The number of aryl methyl sites for hydroxylation is 2. The second-order valence-corrected chi connectivity index (χ2v) is 7.87. The van der Waals surface area contributed by atoms with Gasteiger partial charge in [0.15, 0.2) is 5.65 Å². The number of fused-ring (bicyclic) bond motifs is 3. The second kappa shape index (κ2) is 7.30. The normalized spacial score (nSPS) is 11.7. The van der Waals surface area contributed by atoms with Crippen molar-refractivity contribution >= 4 is 11.2 Å². The van der Waals surface area contributed by atoms with Gasteiger partial charge < -0.3 is 0 Å². The maximum Gasteiger partial charge on any atom is 0.350 e. The lowest BCUT2D eigenvalue weighted by atomic mass is 10.0. The van der Waals surface area contributed by atoms with E-state index in [1.807, 2.05) is 24.3 Å². The first-order chi connectivity index (χ1) is 14.6. The average Bonchev–Trinajstić information content (AvgIpc) is 3.34. The molecule has 6 nitrogen and oxygen atoms in total. The molecule has 3 heterocycles. The lowest BCUT2D eigenvalue weighted by molar-refractivity contribution is 0.593. The van der Waals surface area contributed by atoms with Crippen LogP contribution in [0.5, 0.6) is 0 Å². The number of nitrogens with zero attached hydrogens (tertiary/aromatic N) is 5. The standard InChI is InChI=1S/C24H23N5O/c1-17(2)19-8-10-20(11-9-19)21-16-22-23-26-29(13-12-18-6-4-3-5-7-18)24(30)27(23)14-15-28(22)25-21/h3-11,14-17H,12-13H2,1-2H3. The summed E-state index contributed by atoms with van der Waals surface area (Å²) in [5.74, 6) is 0.492. The van der Waals surface area contributed by atoms with Crippen LogP contribution in [0.2, 0.25) is 0 Å². The summed E-state index contributed by atoms with van der Waals surface area (Å²) in [7, 11) is 0. The molecule has 5 aromatic rings. The van der Waals surface area contributed by atoms with E-state index in [1.165, 1.54) is 15.8 Å². The molecule has 2 aromatic carbocycles. The summed E-state index contributed by atoms with van der Waals surface area (Å²) in [6, 6.07) is 20.6. The van der Waals surface area contributed by atoms with E-state index in [1.54, 1.807) is 21.3 Å². The molecule has 0 saturated heterocycles. The molecule has 0 N–H and O–H groups in total. The van der Waals surface area contributed by atoms with Gasteiger partial charge >= 0.3 is 5.69 Å². The molecule has 150 valence electrons. The van der Waals surface area contributed by atoms with Crippen LogP contribution in [0.25, 0.3) is 22.4 Å². The van der Waals surface area contributed by atoms with Crippen LogP contribution in [0.4, 0.5) is 0 Å². The van der Waals surface area contributed by atoms with Crippen LogP contribution >= 0.6 is 0 Å². The van der Waals surface area contributed by atoms with Crippen molar-refractivity contribution in [2.24, 2.45) is 0 Å². The Morgan fingerprint density at radius 2 is 1.70 bits per heavy atom. The van der Waals surface area contributed by atoms with Gasteiger partial charge in [-0.25, -0.2) is 18.4 Å². The van der Waals surface area contributed by atoms with Gasteiger partial charge in [-0.1, -0.05) is 68.4 Å². The van der Waals surface area contributed by atoms with Gasteiger partial charge in [-0.15, -0.1) is 5.10 Å². The summed E-state index contributed by atoms with van der Waals surface area (Å²) in [6.07, 6.45) is 4.29. The molecule has 0 radical (unpaired) electrons. The van der Waals surface area contributed by atoms with Crippen molar-refractivity contribution < 1.29 is 0 Å². The van der Waals surface area contributed by atoms with Crippen LogP contribution in [0, 0.1) is 0 Å². The van der Waals surface area contributed by atoms with Crippen LogP contribution in [-0.4, -0.2) is 23.8 Å². The molecule has 0 spiro atoms. The first kappa shape index (κ1) is 18.4. The average molecular weight is 397 g/mol. The Labute approximate surface area is 174 Å². The molecule has 0 amide bonds. The summed E-state index contributed by atoms with van der Waals surface area (Å²) in [5.41, 5.74) is 5.70. The van der Waals surface area contributed by atoms with Gasteiger partial charge in [0.1, 0.15) is 5.52 Å². The first-order valence-corrected chi connectivity index (χ1v) is 10.2. The highest BCUT2D eigenvalue weighted by atomic mass is 16.2. The van der Waals surface area contributed by atoms with Crippen molar-refractivity contribution in [2.45, 2.75) is 32.7 Å². The Morgan fingerprint density at radius 1 is 0.933 bits per heavy atom. The van der Waals surface area contributed by atoms with Gasteiger partial charge in [0.2, 0.25) is 0 Å². The molecule has 0 fully saturated rings. The summed E-state index contributed by atoms with van der Waals surface area (Å²) >= 11 is 0. The molecule has 0 aliphatic heterocycles. The van der Waals surface area contributed by atoms with E-state index in [4.69, 9.17) is 5.10 Å². The van der Waals surface area contributed by atoms with Crippen molar-refractivity contribution in [1.29, 1.82) is 0 Å². The Balaban J connectivity index is 1.52. The smallest absolute Gasteiger partial charge is 0.247 e. The van der Waals surface area contributed by atoms with Gasteiger partial charge in [-0.2, -0.15) is 5.10 Å². The van der Waals surface area contributed by atoms with E-state index < -0.39 is 0 Å². The molecule has 0 saturated carbocycles. The minimum absolute atomic E-state index is 0.132. The minimum atomic E-state index is -0.132. The van der Waals surface area contributed by atoms with Crippen LogP contribution in [-0.2, 0) is 13.0 Å². The van der Waals surface area contributed by atoms with Gasteiger partial charge in [0.05, 0.1) is 12.2 Å². The topological polar surface area (TPSA) is 56.6 Å². The molecule has 5 rings (SSSR count). The molecule has 0 atom stereocenters. The molecule has 3 aromatic heterocycles. The number of hydrogen-bond donors (Lipinski definition) is 0. The third-order valence-electron chi connectivity index (χ3n) is 5.52. The van der Waals surface area contributed by atoms with Crippen LogP contribution in [0.15, 0.2) is 77.9 Å². The molecule has 30 heavy (non-hydrogen) atoms. The SMILES string of the molecule is CC(C)c1ccc(-c2cc3c4nn(CCc5ccccc5)c(=O)n4ccn3n2)cc1. The molecule has 0 unspecified atom stereocenters. The van der Waals surface area contributed by atoms with Crippen molar-refractivity contribution in [3.8, 4) is 11.3 Å². The highest BCUT2D eigenvalue weighted by Crippen LogP contribution is 2.23. The molecule has 0 aliphatic rings. The zero-order valence-electron chi connectivity index (χ0n) is 17.1. The van der Waals surface area contributed by atoms with Gasteiger partial charge in [-0.05, 0) is 29.5 Å². The molecule has 0 bridgehead atoms. The third-order valence-corrected chi connectivity index (χ3v) is 5.52. The fourth-order valence-electron chi connectivity index (χ4n) is 3.74. The highest BCUT2D eigenvalue weighted by molar-refractivity contribution is 5.76. The summed E-state index contributed by atoms with van der Waals surface area (Å²) in [6.45, 7) is 4.90. The monoisotopic (exact) mass is 397 g/mol. The molecular weight excluding hydrogens is 374 g/mol. The van der Waals surface area contributed by atoms with Crippen LogP contribution < -0.4 is 5.69 Å². The van der Waals surface area contributed by atoms with Gasteiger partial charge in [-0.3, -0.25) is 0 Å². The number of aromatic nitrogens is 5. The second-order valence-electron chi connectivity index (χ2n) is 7.87. The van der Waals surface area contributed by atoms with E-state index in [-0.39, 0.29) is 5.69 Å². The van der Waals surface area contributed by atoms with Crippen LogP contribution in [0.1, 0.15) is 30.9 Å². The summed E-state index contributed by atoms with van der Waals surface area (Å²) in [4.78, 5) is 12.8. The quantitative estimate of drug-likeness (QED) is 0.447.